The van der Waals surface area contributed by atoms with Gasteiger partial charge in [-0.05, 0) is 32.4 Å². The second-order valence-corrected chi connectivity index (χ2v) is 8.59. The van der Waals surface area contributed by atoms with Crippen LogP contribution in [0.5, 0.6) is 17.2 Å². The minimum Gasteiger partial charge on any atom is -0.504 e. The minimum absolute atomic E-state index is 0.0101. The normalized spacial score (nSPS) is 32.0. The molecular formula is C19H24N2O9. The zero-order valence-electron chi connectivity index (χ0n) is 16.6. The summed E-state index contributed by atoms with van der Waals surface area (Å²) in [7, 11) is 0. The molecule has 6 N–H and O–H groups in total. The van der Waals surface area contributed by atoms with E-state index in [1.807, 2.05) is 0 Å². The number of ether oxygens (including phenoxy) is 3. The molecule has 2 aliphatic heterocycles. The lowest BCUT2D eigenvalue weighted by Crippen LogP contribution is -2.70. The molecule has 0 radical (unpaired) electrons. The molecule has 164 valence electrons. The number of amides is 2. The minimum atomic E-state index is -1.64. The molecule has 1 aromatic carbocycles. The Labute approximate surface area is 171 Å². The monoisotopic (exact) mass is 424 g/mol. The van der Waals surface area contributed by atoms with Gasteiger partial charge in [0.2, 0.25) is 12.5 Å². The van der Waals surface area contributed by atoms with E-state index in [2.05, 4.69) is 10.6 Å². The molecule has 1 aliphatic carbocycles. The number of phenolic OH excluding ortho intramolecular Hbond substituents is 1. The molecule has 2 heterocycles. The lowest BCUT2D eigenvalue weighted by atomic mass is 9.69. The third-order valence-electron chi connectivity index (χ3n) is 5.45. The number of alkyl carbamates (subject to hydrolysis) is 1. The van der Waals surface area contributed by atoms with Crippen molar-refractivity contribution in [2.45, 2.75) is 62.7 Å². The standard InChI is InChI=1S/C19H24N2O9/c1-19(2,3)30-18(27)21-11-8-6-4-7-16(29-5-28-7)12(22)9(6)17(26)20-10(8)13(23)15(25)14(11)24/h4,8,10-11,13-15,22-25H,5H2,1-3H3,(H,20,26)(H,21,27)/t8-,10-,11-,13+,14+,15+/m1/s1. The average Bonchev–Trinajstić information content (AvgIpc) is 3.11. The summed E-state index contributed by atoms with van der Waals surface area (Å²) in [5.74, 6) is -1.84. The lowest BCUT2D eigenvalue weighted by Gasteiger charge is -2.49. The number of hydrogen-bond acceptors (Lipinski definition) is 9. The third-order valence-corrected chi connectivity index (χ3v) is 5.45. The van der Waals surface area contributed by atoms with E-state index in [9.17, 15) is 30.0 Å². The first-order valence-corrected chi connectivity index (χ1v) is 9.49. The fourth-order valence-electron chi connectivity index (χ4n) is 4.23. The summed E-state index contributed by atoms with van der Waals surface area (Å²) in [6, 6.07) is -0.736. The molecule has 3 aliphatic rings. The summed E-state index contributed by atoms with van der Waals surface area (Å²) in [6.07, 6.45) is -5.59. The Hall–Kier alpha value is -2.76. The molecule has 1 saturated carbocycles. The molecule has 30 heavy (non-hydrogen) atoms. The maximum absolute atomic E-state index is 12.7. The highest BCUT2D eigenvalue weighted by Gasteiger charge is 2.55. The van der Waals surface area contributed by atoms with E-state index in [1.165, 1.54) is 6.07 Å². The highest BCUT2D eigenvalue weighted by Crippen LogP contribution is 2.50. The number of phenols is 1. The van der Waals surface area contributed by atoms with Crippen molar-refractivity contribution in [1.82, 2.24) is 10.6 Å². The Morgan fingerprint density at radius 1 is 1.20 bits per heavy atom. The van der Waals surface area contributed by atoms with Crippen LogP contribution in [-0.2, 0) is 4.74 Å². The average molecular weight is 424 g/mol. The van der Waals surface area contributed by atoms with E-state index in [4.69, 9.17) is 14.2 Å². The second kappa shape index (κ2) is 6.89. The Morgan fingerprint density at radius 3 is 2.57 bits per heavy atom. The van der Waals surface area contributed by atoms with Gasteiger partial charge in [-0.1, -0.05) is 0 Å². The van der Waals surface area contributed by atoms with Crippen molar-refractivity contribution in [3.63, 3.8) is 0 Å². The van der Waals surface area contributed by atoms with Gasteiger partial charge in [-0.2, -0.15) is 0 Å². The number of carbonyl (C=O) groups excluding carboxylic acids is 2. The van der Waals surface area contributed by atoms with Crippen LogP contribution in [0.3, 0.4) is 0 Å². The van der Waals surface area contributed by atoms with Gasteiger partial charge < -0.3 is 45.3 Å². The van der Waals surface area contributed by atoms with Crippen molar-refractivity contribution in [1.29, 1.82) is 0 Å². The van der Waals surface area contributed by atoms with E-state index in [-0.39, 0.29) is 29.4 Å². The van der Waals surface area contributed by atoms with Crippen LogP contribution in [0.15, 0.2) is 6.07 Å². The van der Waals surface area contributed by atoms with Crippen LogP contribution in [0.2, 0.25) is 0 Å². The first-order chi connectivity index (χ1) is 14.0. The van der Waals surface area contributed by atoms with Crippen LogP contribution < -0.4 is 20.1 Å². The van der Waals surface area contributed by atoms with Gasteiger partial charge in [0.25, 0.3) is 5.91 Å². The number of aromatic hydroxyl groups is 1. The molecule has 0 unspecified atom stereocenters. The van der Waals surface area contributed by atoms with E-state index < -0.39 is 59.7 Å². The number of hydrogen-bond donors (Lipinski definition) is 6. The zero-order valence-corrected chi connectivity index (χ0v) is 16.6. The molecule has 1 aromatic rings. The molecule has 0 saturated heterocycles. The van der Waals surface area contributed by atoms with E-state index in [0.717, 1.165) is 0 Å². The Balaban J connectivity index is 1.79. The number of carbonyl (C=O) groups is 2. The lowest BCUT2D eigenvalue weighted by molar-refractivity contribution is -0.118. The SMILES string of the molecule is CC(C)(C)OC(=O)N[C@H]1[C@H](O)[C@@H](O)[C@@H](O)[C@@H]2NC(=O)c3c(cc4c(c3O)OCO4)[C@@H]12. The van der Waals surface area contributed by atoms with Gasteiger partial charge in [-0.3, -0.25) is 4.79 Å². The predicted molar refractivity (Wildman–Crippen MR) is 99.4 cm³/mol. The molecule has 6 atom stereocenters. The summed E-state index contributed by atoms with van der Waals surface area (Å²) in [5.41, 5.74) is -0.701. The van der Waals surface area contributed by atoms with Crippen molar-refractivity contribution >= 4 is 12.0 Å². The first kappa shape index (κ1) is 20.5. The molecule has 11 nitrogen and oxygen atoms in total. The van der Waals surface area contributed by atoms with Crippen molar-refractivity contribution in [2.24, 2.45) is 0 Å². The largest absolute Gasteiger partial charge is 0.504 e. The summed E-state index contributed by atoms with van der Waals surface area (Å²) in [6.45, 7) is 4.85. The number of benzene rings is 1. The summed E-state index contributed by atoms with van der Waals surface area (Å²) >= 11 is 0. The first-order valence-electron chi connectivity index (χ1n) is 9.49. The molecular weight excluding hydrogens is 400 g/mol. The number of fused-ring (bicyclic) bond motifs is 4. The molecule has 4 rings (SSSR count). The van der Waals surface area contributed by atoms with Crippen molar-refractivity contribution in [3.05, 3.63) is 17.2 Å². The maximum Gasteiger partial charge on any atom is 0.407 e. The number of nitrogens with one attached hydrogen (secondary N) is 2. The van der Waals surface area contributed by atoms with Crippen molar-refractivity contribution in [3.8, 4) is 17.2 Å². The Bertz CT molecular complexity index is 897. The van der Waals surface area contributed by atoms with Gasteiger partial charge in [0, 0.05) is 5.92 Å². The zero-order chi connectivity index (χ0) is 22.0. The molecule has 0 aromatic heterocycles. The fraction of sp³-hybridized carbons (Fsp3) is 0.579. The molecule has 2 amide bonds. The Morgan fingerprint density at radius 2 is 1.90 bits per heavy atom. The second-order valence-electron chi connectivity index (χ2n) is 8.59. The van der Waals surface area contributed by atoms with Gasteiger partial charge in [0.15, 0.2) is 11.5 Å². The highest BCUT2D eigenvalue weighted by atomic mass is 16.7. The van der Waals surface area contributed by atoms with Crippen LogP contribution in [0.25, 0.3) is 0 Å². The maximum atomic E-state index is 12.7. The quantitative estimate of drug-likeness (QED) is 0.342. The van der Waals surface area contributed by atoms with Crippen LogP contribution in [-0.4, -0.2) is 75.2 Å². The van der Waals surface area contributed by atoms with Gasteiger partial charge in [0.1, 0.15) is 23.9 Å². The summed E-state index contributed by atoms with van der Waals surface area (Å²) < 4.78 is 15.8. The molecule has 1 fully saturated rings. The predicted octanol–water partition coefficient (Wildman–Crippen LogP) is -0.694. The van der Waals surface area contributed by atoms with E-state index in [0.29, 0.717) is 0 Å². The van der Waals surface area contributed by atoms with Gasteiger partial charge in [-0.15, -0.1) is 0 Å². The number of aliphatic hydroxyl groups excluding tert-OH is 3. The molecule has 11 heteroatoms. The smallest absolute Gasteiger partial charge is 0.407 e. The highest BCUT2D eigenvalue weighted by molar-refractivity contribution is 6.01. The van der Waals surface area contributed by atoms with Crippen LogP contribution in [0.1, 0.15) is 42.6 Å². The summed E-state index contributed by atoms with van der Waals surface area (Å²) in [4.78, 5) is 25.1. The number of rotatable bonds is 1. The van der Waals surface area contributed by atoms with E-state index in [1.54, 1.807) is 20.8 Å². The van der Waals surface area contributed by atoms with Gasteiger partial charge >= 0.3 is 6.09 Å². The Kier molecular flexibility index (Phi) is 4.71. The molecule has 0 bridgehead atoms. The topological polar surface area (TPSA) is 167 Å². The van der Waals surface area contributed by atoms with Crippen LogP contribution in [0, 0.1) is 0 Å². The van der Waals surface area contributed by atoms with Crippen LogP contribution in [0.4, 0.5) is 4.79 Å². The summed E-state index contributed by atoms with van der Waals surface area (Å²) in [5, 5.41) is 47.1. The molecule has 0 spiro atoms. The van der Waals surface area contributed by atoms with Gasteiger partial charge in [-0.25, -0.2) is 4.79 Å². The van der Waals surface area contributed by atoms with Crippen LogP contribution >= 0.6 is 0 Å². The van der Waals surface area contributed by atoms with E-state index >= 15 is 0 Å². The van der Waals surface area contributed by atoms with Gasteiger partial charge in [0.05, 0.1) is 17.6 Å². The van der Waals surface area contributed by atoms with Crippen molar-refractivity contribution in [2.75, 3.05) is 6.79 Å². The third kappa shape index (κ3) is 3.18. The van der Waals surface area contributed by atoms with Crippen molar-refractivity contribution < 1.29 is 44.2 Å². The number of aliphatic hydroxyl groups is 3. The fourth-order valence-corrected chi connectivity index (χ4v) is 4.23.